The molecule has 2 aromatic heterocycles. The van der Waals surface area contributed by atoms with Gasteiger partial charge in [0, 0.05) is 23.8 Å². The van der Waals surface area contributed by atoms with Crippen LogP contribution in [0.4, 0.5) is 0 Å². The van der Waals surface area contributed by atoms with Gasteiger partial charge in [0.05, 0.1) is 7.11 Å². The lowest BCUT2D eigenvalue weighted by Crippen LogP contribution is -2.06. The molecule has 0 saturated heterocycles. The van der Waals surface area contributed by atoms with Gasteiger partial charge >= 0.3 is 0 Å². The van der Waals surface area contributed by atoms with Crippen molar-refractivity contribution in [1.29, 1.82) is 0 Å². The maximum absolute atomic E-state index is 5.84. The molecule has 4 heteroatoms. The maximum atomic E-state index is 5.84. The SMILES string of the molecule is COc1ncc(C(C)N)c2cc[nH]c12. The molecule has 0 aliphatic heterocycles. The Balaban J connectivity index is 2.72. The molecule has 14 heavy (non-hydrogen) atoms. The van der Waals surface area contributed by atoms with Crippen LogP contribution in [0.5, 0.6) is 5.88 Å². The fraction of sp³-hybridized carbons (Fsp3) is 0.300. The number of nitrogens with zero attached hydrogens (tertiary/aromatic N) is 1. The van der Waals surface area contributed by atoms with Gasteiger partial charge in [0.1, 0.15) is 5.52 Å². The van der Waals surface area contributed by atoms with E-state index in [0.717, 1.165) is 16.5 Å². The largest absolute Gasteiger partial charge is 0.479 e. The van der Waals surface area contributed by atoms with Gasteiger partial charge in [-0.25, -0.2) is 4.98 Å². The summed E-state index contributed by atoms with van der Waals surface area (Å²) in [7, 11) is 1.61. The van der Waals surface area contributed by atoms with E-state index < -0.39 is 0 Å². The number of ether oxygens (including phenoxy) is 1. The molecule has 4 nitrogen and oxygen atoms in total. The van der Waals surface area contributed by atoms with Crippen LogP contribution in [-0.4, -0.2) is 17.1 Å². The summed E-state index contributed by atoms with van der Waals surface area (Å²) in [6.45, 7) is 1.94. The van der Waals surface area contributed by atoms with E-state index >= 15 is 0 Å². The van der Waals surface area contributed by atoms with E-state index in [0.29, 0.717) is 5.88 Å². The van der Waals surface area contributed by atoms with Crippen LogP contribution in [0.1, 0.15) is 18.5 Å². The Hall–Kier alpha value is -1.55. The number of nitrogens with two attached hydrogens (primary N) is 1. The molecule has 0 aliphatic rings. The summed E-state index contributed by atoms with van der Waals surface area (Å²) in [5.41, 5.74) is 7.77. The second kappa shape index (κ2) is 3.31. The molecule has 2 aromatic rings. The van der Waals surface area contributed by atoms with Gasteiger partial charge < -0.3 is 15.5 Å². The number of H-pyrrole nitrogens is 1. The van der Waals surface area contributed by atoms with Gasteiger partial charge in [-0.1, -0.05) is 0 Å². The third-order valence-corrected chi connectivity index (χ3v) is 2.28. The van der Waals surface area contributed by atoms with Crippen molar-refractivity contribution in [2.75, 3.05) is 7.11 Å². The Kier molecular flexibility index (Phi) is 2.13. The zero-order valence-electron chi connectivity index (χ0n) is 8.24. The Labute approximate surface area is 82.1 Å². The smallest absolute Gasteiger partial charge is 0.238 e. The van der Waals surface area contributed by atoms with Gasteiger partial charge in [0.25, 0.3) is 0 Å². The van der Waals surface area contributed by atoms with Crippen LogP contribution in [-0.2, 0) is 0 Å². The Morgan fingerprint density at radius 3 is 3.00 bits per heavy atom. The summed E-state index contributed by atoms with van der Waals surface area (Å²) in [6, 6.07) is 1.96. The molecule has 0 spiro atoms. The van der Waals surface area contributed by atoms with Crippen molar-refractivity contribution in [3.05, 3.63) is 24.0 Å². The monoisotopic (exact) mass is 191 g/mol. The Morgan fingerprint density at radius 1 is 1.57 bits per heavy atom. The van der Waals surface area contributed by atoms with Crippen LogP contribution >= 0.6 is 0 Å². The first kappa shape index (κ1) is 9.02. The summed E-state index contributed by atoms with van der Waals surface area (Å²) in [5, 5.41) is 1.08. The predicted molar refractivity (Wildman–Crippen MR) is 55.2 cm³/mol. The summed E-state index contributed by atoms with van der Waals surface area (Å²) in [4.78, 5) is 7.28. The average molecular weight is 191 g/mol. The summed E-state index contributed by atoms with van der Waals surface area (Å²) in [5.74, 6) is 0.606. The zero-order valence-corrected chi connectivity index (χ0v) is 8.24. The van der Waals surface area contributed by atoms with E-state index in [9.17, 15) is 0 Å². The van der Waals surface area contributed by atoms with E-state index in [1.807, 2.05) is 19.2 Å². The number of pyridine rings is 1. The van der Waals surface area contributed by atoms with Crippen molar-refractivity contribution >= 4 is 10.9 Å². The molecule has 2 rings (SSSR count). The fourth-order valence-electron chi connectivity index (χ4n) is 1.57. The molecule has 0 bridgehead atoms. The quantitative estimate of drug-likeness (QED) is 0.757. The molecule has 1 unspecified atom stereocenters. The van der Waals surface area contributed by atoms with Crippen LogP contribution in [0, 0.1) is 0 Å². The second-order valence-electron chi connectivity index (χ2n) is 3.28. The van der Waals surface area contributed by atoms with Gasteiger partial charge in [-0.15, -0.1) is 0 Å². The minimum atomic E-state index is -0.0216. The lowest BCUT2D eigenvalue weighted by molar-refractivity contribution is 0.402. The van der Waals surface area contributed by atoms with Gasteiger partial charge in [-0.05, 0) is 18.6 Å². The number of hydrogen-bond donors (Lipinski definition) is 2. The molecule has 0 aliphatic carbocycles. The molecular formula is C10H13N3O. The molecule has 0 radical (unpaired) electrons. The highest BCUT2D eigenvalue weighted by molar-refractivity contribution is 5.86. The molecule has 2 heterocycles. The van der Waals surface area contributed by atoms with Crippen molar-refractivity contribution in [1.82, 2.24) is 9.97 Å². The van der Waals surface area contributed by atoms with E-state index in [2.05, 4.69) is 9.97 Å². The summed E-state index contributed by atoms with van der Waals surface area (Å²) >= 11 is 0. The standard InChI is InChI=1S/C10H13N3O/c1-6(11)8-5-13-10(14-2)9-7(8)3-4-12-9/h3-6,12H,11H2,1-2H3. The van der Waals surface area contributed by atoms with Crippen LogP contribution in [0.2, 0.25) is 0 Å². The van der Waals surface area contributed by atoms with Crippen LogP contribution in [0.25, 0.3) is 10.9 Å². The highest BCUT2D eigenvalue weighted by Crippen LogP contribution is 2.27. The van der Waals surface area contributed by atoms with E-state index in [4.69, 9.17) is 10.5 Å². The lowest BCUT2D eigenvalue weighted by atomic mass is 10.1. The number of methoxy groups -OCH3 is 1. The van der Waals surface area contributed by atoms with Crippen LogP contribution in [0.3, 0.4) is 0 Å². The van der Waals surface area contributed by atoms with Gasteiger partial charge in [0.2, 0.25) is 5.88 Å². The molecule has 0 amide bonds. The van der Waals surface area contributed by atoms with Gasteiger partial charge in [0.15, 0.2) is 0 Å². The number of nitrogens with one attached hydrogen (secondary N) is 1. The summed E-state index contributed by atoms with van der Waals surface area (Å²) < 4.78 is 5.14. The van der Waals surface area contributed by atoms with E-state index in [-0.39, 0.29) is 6.04 Å². The highest BCUT2D eigenvalue weighted by atomic mass is 16.5. The van der Waals surface area contributed by atoms with Crippen molar-refractivity contribution in [2.24, 2.45) is 5.73 Å². The van der Waals surface area contributed by atoms with E-state index in [1.54, 1.807) is 13.3 Å². The zero-order chi connectivity index (χ0) is 10.1. The minimum absolute atomic E-state index is 0.0216. The predicted octanol–water partition coefficient (Wildman–Crippen LogP) is 1.59. The third kappa shape index (κ3) is 1.24. The van der Waals surface area contributed by atoms with Crippen LogP contribution < -0.4 is 10.5 Å². The highest BCUT2D eigenvalue weighted by Gasteiger charge is 2.10. The molecule has 74 valence electrons. The van der Waals surface area contributed by atoms with Crippen molar-refractivity contribution in [3.8, 4) is 5.88 Å². The molecular weight excluding hydrogens is 178 g/mol. The Bertz CT molecular complexity index is 448. The number of aromatic nitrogens is 2. The van der Waals surface area contributed by atoms with Crippen molar-refractivity contribution in [3.63, 3.8) is 0 Å². The number of hydrogen-bond acceptors (Lipinski definition) is 3. The molecule has 3 N–H and O–H groups in total. The average Bonchev–Trinajstić information content (AvgIpc) is 2.64. The molecule has 0 aromatic carbocycles. The molecule has 0 saturated carbocycles. The van der Waals surface area contributed by atoms with Gasteiger partial charge in [-0.2, -0.15) is 0 Å². The number of fused-ring (bicyclic) bond motifs is 1. The third-order valence-electron chi connectivity index (χ3n) is 2.28. The first-order valence-corrected chi connectivity index (χ1v) is 4.49. The maximum Gasteiger partial charge on any atom is 0.238 e. The fourth-order valence-corrected chi connectivity index (χ4v) is 1.57. The molecule has 1 atom stereocenters. The van der Waals surface area contributed by atoms with Crippen molar-refractivity contribution in [2.45, 2.75) is 13.0 Å². The van der Waals surface area contributed by atoms with Crippen LogP contribution in [0.15, 0.2) is 18.5 Å². The number of rotatable bonds is 2. The summed E-state index contributed by atoms with van der Waals surface area (Å²) in [6.07, 6.45) is 3.63. The molecule has 0 fully saturated rings. The van der Waals surface area contributed by atoms with Gasteiger partial charge in [-0.3, -0.25) is 0 Å². The van der Waals surface area contributed by atoms with E-state index in [1.165, 1.54) is 0 Å². The first-order valence-electron chi connectivity index (χ1n) is 4.49. The minimum Gasteiger partial charge on any atom is -0.479 e. The lowest BCUT2D eigenvalue weighted by Gasteiger charge is -2.08. The Morgan fingerprint density at radius 2 is 2.36 bits per heavy atom. The topological polar surface area (TPSA) is 63.9 Å². The number of aromatic amines is 1. The first-order chi connectivity index (χ1) is 6.74. The normalized spacial score (nSPS) is 13.1. The second-order valence-corrected chi connectivity index (χ2v) is 3.28. The van der Waals surface area contributed by atoms with Crippen molar-refractivity contribution < 1.29 is 4.74 Å².